The number of aliphatic hydroxyl groups is 1. The molecule has 1 fully saturated rings. The molecule has 1 aliphatic rings. The molecule has 3 unspecified atom stereocenters. The van der Waals surface area contributed by atoms with Crippen LogP contribution in [0.1, 0.15) is 30.6 Å². The van der Waals surface area contributed by atoms with Crippen molar-refractivity contribution in [2.45, 2.75) is 32.5 Å². The molecule has 0 spiro atoms. The third kappa shape index (κ3) is 2.46. The molecule has 1 aromatic rings. The van der Waals surface area contributed by atoms with Crippen LogP contribution in [-0.2, 0) is 4.74 Å². The molecule has 2 rings (SSSR count). The third-order valence-corrected chi connectivity index (χ3v) is 3.76. The molecule has 0 bridgehead atoms. The Hall–Kier alpha value is -0.640. The molecular formula is C13H16ClFO2. The molecule has 1 N–H and O–H groups in total. The van der Waals surface area contributed by atoms with Crippen LogP contribution in [0, 0.1) is 18.7 Å². The Kier molecular flexibility index (Phi) is 3.71. The lowest BCUT2D eigenvalue weighted by molar-refractivity contribution is 0.0431. The minimum Gasteiger partial charge on any atom is -0.388 e. The third-order valence-electron chi connectivity index (χ3n) is 3.44. The first kappa shape index (κ1) is 12.8. The highest BCUT2D eigenvalue weighted by Gasteiger charge is 2.32. The van der Waals surface area contributed by atoms with Crippen molar-refractivity contribution in [3.8, 4) is 0 Å². The number of hydrogen-bond acceptors (Lipinski definition) is 2. The Bertz CT molecular complexity index is 422. The molecule has 1 aliphatic heterocycles. The summed E-state index contributed by atoms with van der Waals surface area (Å²) in [5, 5.41) is 10.6. The monoisotopic (exact) mass is 258 g/mol. The van der Waals surface area contributed by atoms with Gasteiger partial charge in [-0.2, -0.15) is 0 Å². The van der Waals surface area contributed by atoms with Crippen LogP contribution in [0.15, 0.2) is 12.1 Å². The average Bonchev–Trinajstić information content (AvgIpc) is 2.69. The first-order valence-electron chi connectivity index (χ1n) is 5.76. The van der Waals surface area contributed by atoms with Crippen LogP contribution in [-0.4, -0.2) is 17.8 Å². The quantitative estimate of drug-likeness (QED) is 0.882. The highest BCUT2D eigenvalue weighted by Crippen LogP contribution is 2.36. The van der Waals surface area contributed by atoms with Crippen molar-refractivity contribution < 1.29 is 14.2 Å². The highest BCUT2D eigenvalue weighted by molar-refractivity contribution is 6.31. The smallest absolute Gasteiger partial charge is 0.127 e. The average molecular weight is 259 g/mol. The van der Waals surface area contributed by atoms with Gasteiger partial charge in [0.15, 0.2) is 0 Å². The van der Waals surface area contributed by atoms with E-state index < -0.39 is 6.10 Å². The number of benzene rings is 1. The molecule has 0 aromatic heterocycles. The summed E-state index contributed by atoms with van der Waals surface area (Å²) in [7, 11) is 0. The van der Waals surface area contributed by atoms with E-state index in [1.165, 1.54) is 6.07 Å². The Morgan fingerprint density at radius 3 is 2.82 bits per heavy atom. The van der Waals surface area contributed by atoms with Gasteiger partial charge in [-0.05, 0) is 43.5 Å². The van der Waals surface area contributed by atoms with Crippen molar-refractivity contribution in [2.24, 2.45) is 5.92 Å². The minimum atomic E-state index is -0.695. The zero-order valence-corrected chi connectivity index (χ0v) is 10.7. The van der Waals surface area contributed by atoms with E-state index in [1.807, 2.05) is 6.92 Å². The van der Waals surface area contributed by atoms with Crippen molar-refractivity contribution in [1.29, 1.82) is 0 Å². The van der Waals surface area contributed by atoms with E-state index in [2.05, 4.69) is 0 Å². The van der Waals surface area contributed by atoms with Gasteiger partial charge in [0.05, 0.1) is 12.2 Å². The number of rotatable bonds is 2. The molecule has 1 saturated heterocycles. The van der Waals surface area contributed by atoms with Crippen LogP contribution in [0.5, 0.6) is 0 Å². The molecule has 3 atom stereocenters. The molecule has 94 valence electrons. The summed E-state index contributed by atoms with van der Waals surface area (Å²) in [6.45, 7) is 4.25. The number of aliphatic hydroxyl groups excluding tert-OH is 1. The van der Waals surface area contributed by atoms with Crippen molar-refractivity contribution in [2.75, 3.05) is 6.61 Å². The molecule has 0 radical (unpaired) electrons. The second-order valence-electron chi connectivity index (χ2n) is 4.60. The Balaban J connectivity index is 2.30. The summed E-state index contributed by atoms with van der Waals surface area (Å²) < 4.78 is 18.7. The second kappa shape index (κ2) is 4.92. The van der Waals surface area contributed by atoms with E-state index >= 15 is 0 Å². The second-order valence-corrected chi connectivity index (χ2v) is 5.00. The van der Waals surface area contributed by atoms with E-state index in [-0.39, 0.29) is 22.9 Å². The van der Waals surface area contributed by atoms with Gasteiger partial charge in [-0.1, -0.05) is 11.6 Å². The van der Waals surface area contributed by atoms with Crippen molar-refractivity contribution in [1.82, 2.24) is 0 Å². The first-order valence-corrected chi connectivity index (χ1v) is 6.13. The van der Waals surface area contributed by atoms with Gasteiger partial charge < -0.3 is 9.84 Å². The SMILES string of the molecule is Cc1cc(C(O)C2CCOC2C)c(Cl)cc1F. The highest BCUT2D eigenvalue weighted by atomic mass is 35.5. The maximum Gasteiger partial charge on any atom is 0.127 e. The fourth-order valence-electron chi connectivity index (χ4n) is 2.30. The zero-order chi connectivity index (χ0) is 12.6. The maximum atomic E-state index is 13.3. The van der Waals surface area contributed by atoms with Crippen LogP contribution in [0.25, 0.3) is 0 Å². The van der Waals surface area contributed by atoms with Crippen molar-refractivity contribution in [3.63, 3.8) is 0 Å². The number of hydrogen-bond donors (Lipinski definition) is 1. The van der Waals surface area contributed by atoms with Crippen LogP contribution in [0.4, 0.5) is 4.39 Å². The minimum absolute atomic E-state index is 0.00595. The largest absolute Gasteiger partial charge is 0.388 e. The van der Waals surface area contributed by atoms with E-state index in [9.17, 15) is 9.50 Å². The Labute approximate surface area is 105 Å². The number of aryl methyl sites for hydroxylation is 1. The molecule has 4 heteroatoms. The van der Waals surface area contributed by atoms with Gasteiger partial charge in [0, 0.05) is 17.5 Å². The number of ether oxygens (including phenoxy) is 1. The summed E-state index contributed by atoms with van der Waals surface area (Å²) in [4.78, 5) is 0. The zero-order valence-electron chi connectivity index (χ0n) is 9.91. The van der Waals surface area contributed by atoms with Crippen LogP contribution < -0.4 is 0 Å². The van der Waals surface area contributed by atoms with E-state index in [4.69, 9.17) is 16.3 Å². The molecule has 1 heterocycles. The lowest BCUT2D eigenvalue weighted by Gasteiger charge is -2.22. The molecule has 2 nitrogen and oxygen atoms in total. The topological polar surface area (TPSA) is 29.5 Å². The van der Waals surface area contributed by atoms with Crippen molar-refractivity contribution >= 4 is 11.6 Å². The maximum absolute atomic E-state index is 13.3. The fraction of sp³-hybridized carbons (Fsp3) is 0.538. The molecule has 0 saturated carbocycles. The van der Waals surface area contributed by atoms with Gasteiger partial charge in [-0.15, -0.1) is 0 Å². The van der Waals surface area contributed by atoms with Crippen molar-refractivity contribution in [3.05, 3.63) is 34.1 Å². The van der Waals surface area contributed by atoms with Crippen LogP contribution >= 0.6 is 11.6 Å². The van der Waals surface area contributed by atoms with Gasteiger partial charge in [0.25, 0.3) is 0 Å². The summed E-state index contributed by atoms with van der Waals surface area (Å²) in [6, 6.07) is 2.88. The molecular weight excluding hydrogens is 243 g/mol. The van der Waals surface area contributed by atoms with E-state index in [0.29, 0.717) is 17.7 Å². The molecule has 0 amide bonds. The Morgan fingerprint density at radius 1 is 1.53 bits per heavy atom. The molecule has 1 aromatic carbocycles. The van der Waals surface area contributed by atoms with Crippen LogP contribution in [0.3, 0.4) is 0 Å². The molecule has 17 heavy (non-hydrogen) atoms. The normalized spacial score (nSPS) is 26.2. The lowest BCUT2D eigenvalue weighted by Crippen LogP contribution is -2.20. The summed E-state index contributed by atoms with van der Waals surface area (Å²) in [5.74, 6) is -0.320. The predicted octanol–water partition coefficient (Wildman–Crippen LogP) is 3.25. The van der Waals surface area contributed by atoms with E-state index in [0.717, 1.165) is 6.42 Å². The standard InChI is InChI=1S/C13H16ClFO2/c1-7-5-10(11(14)6-12(7)15)13(16)9-3-4-17-8(9)2/h5-6,8-9,13,16H,3-4H2,1-2H3. The van der Waals surface area contributed by atoms with E-state index in [1.54, 1.807) is 13.0 Å². The van der Waals surface area contributed by atoms with Crippen LogP contribution in [0.2, 0.25) is 5.02 Å². The summed E-state index contributed by atoms with van der Waals surface area (Å²) in [6.07, 6.45) is 0.112. The summed E-state index contributed by atoms with van der Waals surface area (Å²) in [5.41, 5.74) is 1.09. The van der Waals surface area contributed by atoms with Gasteiger partial charge in [0.1, 0.15) is 5.82 Å². The van der Waals surface area contributed by atoms with Gasteiger partial charge in [-0.25, -0.2) is 4.39 Å². The predicted molar refractivity (Wildman–Crippen MR) is 64.6 cm³/mol. The lowest BCUT2D eigenvalue weighted by atomic mass is 9.90. The Morgan fingerprint density at radius 2 is 2.24 bits per heavy atom. The van der Waals surface area contributed by atoms with Gasteiger partial charge in [0.2, 0.25) is 0 Å². The summed E-state index contributed by atoms with van der Waals surface area (Å²) >= 11 is 5.98. The molecule has 0 aliphatic carbocycles. The van der Waals surface area contributed by atoms with Gasteiger partial charge >= 0.3 is 0 Å². The number of halogens is 2. The van der Waals surface area contributed by atoms with Gasteiger partial charge in [-0.3, -0.25) is 0 Å². The fourth-order valence-corrected chi connectivity index (χ4v) is 2.56. The first-order chi connectivity index (χ1) is 8.00.